The summed E-state index contributed by atoms with van der Waals surface area (Å²) in [4.78, 5) is 32.9. The van der Waals surface area contributed by atoms with Crippen LogP contribution in [0.2, 0.25) is 0 Å². The Labute approximate surface area is 228 Å². The molecular formula is C32H34N4O3. The van der Waals surface area contributed by atoms with Crippen LogP contribution in [0.15, 0.2) is 72.9 Å². The number of hydrogen-bond donors (Lipinski definition) is 2. The number of hydrogen-bond acceptors (Lipinski definition) is 4. The van der Waals surface area contributed by atoms with Gasteiger partial charge in [0.25, 0.3) is 5.91 Å². The molecule has 1 aromatic heterocycles. The van der Waals surface area contributed by atoms with Gasteiger partial charge >= 0.3 is 0 Å². The van der Waals surface area contributed by atoms with Crippen molar-refractivity contribution in [1.82, 2.24) is 9.88 Å². The van der Waals surface area contributed by atoms with Gasteiger partial charge in [-0.3, -0.25) is 9.59 Å². The van der Waals surface area contributed by atoms with E-state index in [1.807, 2.05) is 58.5 Å². The van der Waals surface area contributed by atoms with E-state index in [1.165, 1.54) is 0 Å². The summed E-state index contributed by atoms with van der Waals surface area (Å²) in [6.45, 7) is 4.76. The van der Waals surface area contributed by atoms with Crippen LogP contribution in [0, 0.1) is 0 Å². The minimum atomic E-state index is -0.0431. The lowest BCUT2D eigenvalue weighted by atomic mass is 10.0. The summed E-state index contributed by atoms with van der Waals surface area (Å²) in [6.07, 6.45) is 5.10. The minimum absolute atomic E-state index is 0.0431. The third kappa shape index (κ3) is 5.21. The number of benzene rings is 3. The second kappa shape index (κ2) is 10.8. The number of amides is 2. The van der Waals surface area contributed by atoms with Gasteiger partial charge in [-0.05, 0) is 85.7 Å². The highest BCUT2D eigenvalue weighted by Crippen LogP contribution is 2.35. The number of nitrogens with one attached hydrogen (secondary N) is 2. The number of anilines is 2. The molecule has 2 aliphatic rings. The number of carbonyl (C=O) groups is 2. The lowest BCUT2D eigenvalue weighted by Crippen LogP contribution is -2.32. The monoisotopic (exact) mass is 522 g/mol. The second-order valence-electron chi connectivity index (χ2n) is 10.5. The number of H-pyrrole nitrogens is 1. The Morgan fingerprint density at radius 1 is 1.05 bits per heavy atom. The van der Waals surface area contributed by atoms with Crippen LogP contribution in [0.25, 0.3) is 22.0 Å². The molecule has 0 bridgehead atoms. The molecule has 1 atom stereocenters. The van der Waals surface area contributed by atoms with Crippen LogP contribution < -0.4 is 15.0 Å². The molecule has 0 spiro atoms. The first-order valence-corrected chi connectivity index (χ1v) is 13.9. The molecule has 0 radical (unpaired) electrons. The molecule has 6 rings (SSSR count). The molecule has 1 saturated heterocycles. The highest BCUT2D eigenvalue weighted by molar-refractivity contribution is 6.08. The molecule has 7 heteroatoms. The van der Waals surface area contributed by atoms with Gasteiger partial charge in [0.05, 0.1) is 18.0 Å². The van der Waals surface area contributed by atoms with E-state index in [1.54, 1.807) is 0 Å². The molecule has 2 amide bonds. The van der Waals surface area contributed by atoms with Gasteiger partial charge in [0, 0.05) is 54.9 Å². The van der Waals surface area contributed by atoms with E-state index in [2.05, 4.69) is 41.5 Å². The molecule has 0 saturated carbocycles. The summed E-state index contributed by atoms with van der Waals surface area (Å²) in [6, 6.07) is 22.4. The van der Waals surface area contributed by atoms with E-state index in [-0.39, 0.29) is 17.9 Å². The Morgan fingerprint density at radius 3 is 2.82 bits per heavy atom. The predicted octanol–water partition coefficient (Wildman–Crippen LogP) is 6.08. The Bertz CT molecular complexity index is 1510. The van der Waals surface area contributed by atoms with Crippen molar-refractivity contribution < 1.29 is 14.3 Å². The van der Waals surface area contributed by atoms with Crippen LogP contribution in [0.4, 0.5) is 11.4 Å². The van der Waals surface area contributed by atoms with Crippen LogP contribution in [0.1, 0.15) is 43.0 Å². The third-order valence-corrected chi connectivity index (χ3v) is 7.72. The molecule has 2 aliphatic heterocycles. The number of aromatic amines is 1. The Balaban J connectivity index is 1.29. The second-order valence-corrected chi connectivity index (χ2v) is 10.5. The summed E-state index contributed by atoms with van der Waals surface area (Å²) in [7, 11) is 0. The van der Waals surface area contributed by atoms with Crippen molar-refractivity contribution in [1.29, 1.82) is 0 Å². The molecular weight excluding hydrogens is 488 g/mol. The fourth-order valence-corrected chi connectivity index (χ4v) is 5.59. The summed E-state index contributed by atoms with van der Waals surface area (Å²) in [5, 5.41) is 4.64. The maximum atomic E-state index is 13.9. The SMILES string of the molecule is CC1CCN(C(=O)c2ccc(-c3ccc4[nH]ccc4c3)c(OCCCN3CCCC3=O)c2)c2ccccc2N1. The number of nitrogens with zero attached hydrogens (tertiary/aromatic N) is 2. The molecule has 7 nitrogen and oxygen atoms in total. The number of ether oxygens (including phenoxy) is 1. The zero-order chi connectivity index (χ0) is 26.8. The van der Waals surface area contributed by atoms with E-state index in [0.717, 1.165) is 59.2 Å². The minimum Gasteiger partial charge on any atom is -0.493 e. The quantitative estimate of drug-likeness (QED) is 0.289. The maximum Gasteiger partial charge on any atom is 0.258 e. The van der Waals surface area contributed by atoms with Crippen molar-refractivity contribution in [2.45, 2.75) is 38.6 Å². The fraction of sp³-hybridized carbons (Fsp3) is 0.312. The lowest BCUT2D eigenvalue weighted by molar-refractivity contribution is -0.127. The number of fused-ring (bicyclic) bond motifs is 2. The van der Waals surface area contributed by atoms with Crippen molar-refractivity contribution in [2.75, 3.05) is 36.5 Å². The van der Waals surface area contributed by atoms with Gasteiger partial charge in [-0.1, -0.05) is 18.2 Å². The van der Waals surface area contributed by atoms with E-state index in [9.17, 15) is 9.59 Å². The predicted molar refractivity (Wildman–Crippen MR) is 155 cm³/mol. The molecule has 1 fully saturated rings. The third-order valence-electron chi connectivity index (χ3n) is 7.72. The van der Waals surface area contributed by atoms with E-state index in [0.29, 0.717) is 37.4 Å². The molecule has 0 aliphatic carbocycles. The lowest BCUT2D eigenvalue weighted by Gasteiger charge is -2.23. The molecule has 2 N–H and O–H groups in total. The van der Waals surface area contributed by atoms with Crippen LogP contribution >= 0.6 is 0 Å². The summed E-state index contributed by atoms with van der Waals surface area (Å²) >= 11 is 0. The summed E-state index contributed by atoms with van der Waals surface area (Å²) in [5.41, 5.74) is 5.51. The van der Waals surface area contributed by atoms with E-state index in [4.69, 9.17) is 4.74 Å². The van der Waals surface area contributed by atoms with Crippen LogP contribution in [0.5, 0.6) is 5.75 Å². The Morgan fingerprint density at radius 2 is 1.95 bits per heavy atom. The zero-order valence-electron chi connectivity index (χ0n) is 22.3. The van der Waals surface area contributed by atoms with Gasteiger partial charge in [0.1, 0.15) is 5.75 Å². The van der Waals surface area contributed by atoms with Crippen molar-refractivity contribution in [3.63, 3.8) is 0 Å². The maximum absolute atomic E-state index is 13.9. The highest BCUT2D eigenvalue weighted by Gasteiger charge is 2.25. The molecule has 39 heavy (non-hydrogen) atoms. The normalized spacial score (nSPS) is 17.2. The number of carbonyl (C=O) groups excluding carboxylic acids is 2. The average Bonchev–Trinajstić information content (AvgIpc) is 3.55. The van der Waals surface area contributed by atoms with Gasteiger partial charge in [0.2, 0.25) is 5.91 Å². The van der Waals surface area contributed by atoms with Crippen molar-refractivity contribution in [3.05, 3.63) is 78.5 Å². The number of aromatic nitrogens is 1. The van der Waals surface area contributed by atoms with Gasteiger partial charge < -0.3 is 24.8 Å². The number of rotatable bonds is 7. The standard InChI is InChI=1S/C32H34N4O3/c1-22-14-18-36(29-7-3-2-6-28(29)34-22)32(38)25-9-11-26(23-10-12-27-24(20-23)13-15-33-27)30(21-25)39-19-5-17-35-16-4-8-31(35)37/h2-3,6-7,9-13,15,20-22,33-34H,4-5,8,14,16-19H2,1H3. The van der Waals surface area contributed by atoms with E-state index < -0.39 is 0 Å². The first-order chi connectivity index (χ1) is 19.1. The van der Waals surface area contributed by atoms with Gasteiger partial charge in [0.15, 0.2) is 0 Å². The van der Waals surface area contributed by atoms with Gasteiger partial charge in [-0.15, -0.1) is 0 Å². The Kier molecular flexibility index (Phi) is 6.97. The largest absolute Gasteiger partial charge is 0.493 e. The summed E-state index contributed by atoms with van der Waals surface area (Å²) < 4.78 is 6.34. The smallest absolute Gasteiger partial charge is 0.258 e. The van der Waals surface area contributed by atoms with Crippen LogP contribution in [-0.2, 0) is 4.79 Å². The molecule has 3 heterocycles. The van der Waals surface area contributed by atoms with Crippen LogP contribution in [0.3, 0.4) is 0 Å². The van der Waals surface area contributed by atoms with Crippen molar-refractivity contribution in [2.24, 2.45) is 0 Å². The highest BCUT2D eigenvalue weighted by atomic mass is 16.5. The van der Waals surface area contributed by atoms with Crippen LogP contribution in [-0.4, -0.2) is 54.0 Å². The average molecular weight is 523 g/mol. The topological polar surface area (TPSA) is 77.7 Å². The van der Waals surface area contributed by atoms with E-state index >= 15 is 0 Å². The first kappa shape index (κ1) is 25.0. The molecule has 4 aromatic rings. The zero-order valence-corrected chi connectivity index (χ0v) is 22.3. The molecule has 3 aromatic carbocycles. The van der Waals surface area contributed by atoms with Crippen molar-refractivity contribution in [3.8, 4) is 16.9 Å². The van der Waals surface area contributed by atoms with Crippen molar-refractivity contribution >= 4 is 34.1 Å². The fourth-order valence-electron chi connectivity index (χ4n) is 5.59. The number of para-hydroxylation sites is 2. The molecule has 1 unspecified atom stereocenters. The first-order valence-electron chi connectivity index (χ1n) is 13.9. The van der Waals surface area contributed by atoms with Gasteiger partial charge in [-0.2, -0.15) is 0 Å². The van der Waals surface area contributed by atoms with Gasteiger partial charge in [-0.25, -0.2) is 0 Å². The molecule has 200 valence electrons. The Hall–Kier alpha value is -4.26. The number of likely N-dealkylation sites (tertiary alicyclic amines) is 1. The summed E-state index contributed by atoms with van der Waals surface area (Å²) in [5.74, 6) is 0.862.